The Morgan fingerprint density at radius 2 is 2.10 bits per heavy atom. The standard InChI is InChI=1S/C18H31NO2/c1-4-21-16(20)10-8-6-5-7-9-13-11-14-12-15(17(13)19)18(14,2)3/h5,7,13-15,17H,4,6,8-12,19H2,1-3H3. The number of unbranched alkanes of at least 4 members (excludes halogenated alkanes) is 1. The zero-order valence-electron chi connectivity index (χ0n) is 13.8. The fourth-order valence-electron chi connectivity index (χ4n) is 4.20. The third-order valence-corrected chi connectivity index (χ3v) is 5.81. The van der Waals surface area contributed by atoms with Crippen LogP contribution < -0.4 is 5.73 Å². The average molecular weight is 293 g/mol. The van der Waals surface area contributed by atoms with Gasteiger partial charge in [-0.05, 0) is 62.2 Å². The van der Waals surface area contributed by atoms with E-state index in [1.165, 1.54) is 12.8 Å². The average Bonchev–Trinajstić information content (AvgIpc) is 2.43. The molecule has 0 aromatic carbocycles. The lowest BCUT2D eigenvalue weighted by Crippen LogP contribution is -2.61. The van der Waals surface area contributed by atoms with Crippen LogP contribution in [-0.4, -0.2) is 18.6 Å². The van der Waals surface area contributed by atoms with Gasteiger partial charge in [-0.15, -0.1) is 0 Å². The summed E-state index contributed by atoms with van der Waals surface area (Å²) in [6.45, 7) is 7.09. The lowest BCUT2D eigenvalue weighted by atomic mass is 9.45. The molecule has 4 atom stereocenters. The van der Waals surface area contributed by atoms with Gasteiger partial charge < -0.3 is 10.5 Å². The highest BCUT2D eigenvalue weighted by molar-refractivity contribution is 5.69. The summed E-state index contributed by atoms with van der Waals surface area (Å²) in [5, 5.41) is 0. The van der Waals surface area contributed by atoms with Crippen molar-refractivity contribution in [3.63, 3.8) is 0 Å². The van der Waals surface area contributed by atoms with Crippen LogP contribution in [-0.2, 0) is 9.53 Å². The number of hydrogen-bond donors (Lipinski definition) is 1. The van der Waals surface area contributed by atoms with Crippen LogP contribution in [0.25, 0.3) is 0 Å². The van der Waals surface area contributed by atoms with E-state index in [-0.39, 0.29) is 5.97 Å². The SMILES string of the molecule is CCOC(=O)CCCC=CCC1CC2CC(C1N)C2(C)C. The van der Waals surface area contributed by atoms with Crippen LogP contribution in [0.15, 0.2) is 12.2 Å². The maximum Gasteiger partial charge on any atom is 0.305 e. The Morgan fingerprint density at radius 3 is 2.71 bits per heavy atom. The fourth-order valence-corrected chi connectivity index (χ4v) is 4.20. The Morgan fingerprint density at radius 1 is 1.33 bits per heavy atom. The first-order valence-electron chi connectivity index (χ1n) is 8.53. The molecule has 2 bridgehead atoms. The lowest BCUT2D eigenvalue weighted by Gasteiger charge is -2.61. The molecule has 3 nitrogen and oxygen atoms in total. The van der Waals surface area contributed by atoms with Gasteiger partial charge in [-0.2, -0.15) is 0 Å². The third kappa shape index (κ3) is 3.68. The zero-order chi connectivity index (χ0) is 15.5. The predicted molar refractivity (Wildman–Crippen MR) is 85.7 cm³/mol. The molecule has 0 radical (unpaired) electrons. The molecule has 3 fully saturated rings. The highest BCUT2D eigenvalue weighted by atomic mass is 16.5. The Hall–Kier alpha value is -0.830. The Labute approximate surface area is 129 Å². The number of hydrogen-bond acceptors (Lipinski definition) is 3. The van der Waals surface area contributed by atoms with Crippen molar-refractivity contribution in [2.24, 2.45) is 28.9 Å². The second-order valence-corrected chi connectivity index (χ2v) is 7.34. The van der Waals surface area contributed by atoms with Gasteiger partial charge in [0.1, 0.15) is 0 Å². The first kappa shape index (κ1) is 16.5. The summed E-state index contributed by atoms with van der Waals surface area (Å²) in [6, 6.07) is 0.370. The molecule has 120 valence electrons. The second-order valence-electron chi connectivity index (χ2n) is 7.34. The molecule has 3 aliphatic rings. The quantitative estimate of drug-likeness (QED) is 0.442. The Bertz CT molecular complexity index is 389. The van der Waals surface area contributed by atoms with Gasteiger partial charge in [-0.3, -0.25) is 4.79 Å². The molecule has 0 amide bonds. The minimum Gasteiger partial charge on any atom is -0.466 e. The Balaban J connectivity index is 1.63. The van der Waals surface area contributed by atoms with Gasteiger partial charge in [0, 0.05) is 12.5 Å². The maximum atomic E-state index is 11.2. The first-order valence-corrected chi connectivity index (χ1v) is 8.53. The minimum absolute atomic E-state index is 0.0810. The topological polar surface area (TPSA) is 52.3 Å². The van der Waals surface area contributed by atoms with Crippen molar-refractivity contribution in [1.29, 1.82) is 0 Å². The van der Waals surface area contributed by atoms with E-state index >= 15 is 0 Å². The molecule has 0 spiro atoms. The van der Waals surface area contributed by atoms with Crippen molar-refractivity contribution in [3.8, 4) is 0 Å². The van der Waals surface area contributed by atoms with Gasteiger partial charge in [0.05, 0.1) is 6.61 Å². The molecule has 0 saturated heterocycles. The van der Waals surface area contributed by atoms with E-state index in [2.05, 4.69) is 26.0 Å². The molecule has 0 aromatic heterocycles. The monoisotopic (exact) mass is 293 g/mol. The molecule has 0 heterocycles. The van der Waals surface area contributed by atoms with Crippen molar-refractivity contribution < 1.29 is 9.53 Å². The molecule has 2 N–H and O–H groups in total. The highest BCUT2D eigenvalue weighted by Gasteiger charge is 2.56. The number of allylic oxidation sites excluding steroid dienone is 2. The van der Waals surface area contributed by atoms with Crippen LogP contribution in [0, 0.1) is 23.2 Å². The normalized spacial score (nSPS) is 33.7. The van der Waals surface area contributed by atoms with Crippen LogP contribution in [0.5, 0.6) is 0 Å². The van der Waals surface area contributed by atoms with Gasteiger partial charge in [0.2, 0.25) is 0 Å². The number of carbonyl (C=O) groups is 1. The van der Waals surface area contributed by atoms with E-state index in [1.807, 2.05) is 6.92 Å². The fraction of sp³-hybridized carbons (Fsp3) is 0.833. The van der Waals surface area contributed by atoms with Crippen LogP contribution in [0.4, 0.5) is 0 Å². The summed E-state index contributed by atoms with van der Waals surface area (Å²) in [5.74, 6) is 2.17. The molecule has 0 aromatic rings. The molecule has 3 heteroatoms. The summed E-state index contributed by atoms with van der Waals surface area (Å²) in [4.78, 5) is 11.2. The van der Waals surface area contributed by atoms with Crippen LogP contribution in [0.2, 0.25) is 0 Å². The number of fused-ring (bicyclic) bond motifs is 2. The van der Waals surface area contributed by atoms with Crippen molar-refractivity contribution in [2.75, 3.05) is 6.61 Å². The third-order valence-electron chi connectivity index (χ3n) is 5.81. The van der Waals surface area contributed by atoms with Crippen LogP contribution in [0.1, 0.15) is 59.3 Å². The number of esters is 1. The number of carbonyl (C=O) groups excluding carboxylic acids is 1. The van der Waals surface area contributed by atoms with Crippen LogP contribution >= 0.6 is 0 Å². The summed E-state index contributed by atoms with van der Waals surface area (Å²) in [5.41, 5.74) is 6.93. The van der Waals surface area contributed by atoms with Gasteiger partial charge in [-0.25, -0.2) is 0 Å². The second kappa shape index (κ2) is 6.95. The van der Waals surface area contributed by atoms with E-state index in [9.17, 15) is 4.79 Å². The highest BCUT2D eigenvalue weighted by Crippen LogP contribution is 2.60. The van der Waals surface area contributed by atoms with E-state index in [0.717, 1.165) is 31.1 Å². The molecule has 0 aliphatic heterocycles. The molecular weight excluding hydrogens is 262 g/mol. The predicted octanol–water partition coefficient (Wildman–Crippen LogP) is 3.68. The van der Waals surface area contributed by atoms with Gasteiger partial charge in [0.15, 0.2) is 0 Å². The number of nitrogens with two attached hydrogens (primary N) is 1. The first-order chi connectivity index (χ1) is 9.96. The molecule has 4 unspecified atom stereocenters. The number of rotatable bonds is 7. The van der Waals surface area contributed by atoms with E-state index in [0.29, 0.717) is 30.4 Å². The summed E-state index contributed by atoms with van der Waals surface area (Å²) in [7, 11) is 0. The Kier molecular flexibility index (Phi) is 5.48. The zero-order valence-corrected chi connectivity index (χ0v) is 13.8. The van der Waals surface area contributed by atoms with E-state index in [4.69, 9.17) is 10.5 Å². The smallest absolute Gasteiger partial charge is 0.305 e. The summed E-state index contributed by atoms with van der Waals surface area (Å²) < 4.78 is 4.91. The van der Waals surface area contributed by atoms with Crippen molar-refractivity contribution in [2.45, 2.75) is 65.3 Å². The van der Waals surface area contributed by atoms with Gasteiger partial charge in [-0.1, -0.05) is 26.0 Å². The van der Waals surface area contributed by atoms with Gasteiger partial charge in [0.25, 0.3) is 0 Å². The molecular formula is C18H31NO2. The maximum absolute atomic E-state index is 11.2. The lowest BCUT2D eigenvalue weighted by molar-refractivity contribution is -0.143. The van der Waals surface area contributed by atoms with E-state index in [1.54, 1.807) is 0 Å². The molecule has 3 saturated carbocycles. The van der Waals surface area contributed by atoms with Crippen molar-refractivity contribution >= 4 is 5.97 Å². The van der Waals surface area contributed by atoms with Crippen LogP contribution in [0.3, 0.4) is 0 Å². The van der Waals surface area contributed by atoms with Gasteiger partial charge >= 0.3 is 5.97 Å². The van der Waals surface area contributed by atoms with E-state index < -0.39 is 0 Å². The largest absolute Gasteiger partial charge is 0.466 e. The molecule has 3 aliphatic carbocycles. The molecule has 21 heavy (non-hydrogen) atoms. The van der Waals surface area contributed by atoms with Crippen molar-refractivity contribution in [1.82, 2.24) is 0 Å². The summed E-state index contributed by atoms with van der Waals surface area (Å²) in [6.07, 6.45) is 10.6. The summed E-state index contributed by atoms with van der Waals surface area (Å²) >= 11 is 0. The van der Waals surface area contributed by atoms with Crippen molar-refractivity contribution in [3.05, 3.63) is 12.2 Å². The number of ether oxygens (including phenoxy) is 1. The molecule has 3 rings (SSSR count). The minimum atomic E-state index is -0.0810.